The molecule has 0 unspecified atom stereocenters. The fraction of sp³-hybridized carbons (Fsp3) is 0.176. The topological polar surface area (TPSA) is 67.4 Å². The summed E-state index contributed by atoms with van der Waals surface area (Å²) in [5, 5.41) is 5.00. The van der Waals surface area contributed by atoms with E-state index in [1.807, 2.05) is 18.2 Å². The maximum Gasteiger partial charge on any atom is 0.255 e. The van der Waals surface area contributed by atoms with Crippen molar-refractivity contribution in [3.8, 4) is 11.5 Å². The molecule has 2 rings (SSSR count). The number of halogens is 4. The molecule has 2 amide bonds. The first kappa shape index (κ1) is 20.6. The van der Waals surface area contributed by atoms with Gasteiger partial charge in [0.05, 0.1) is 0 Å². The molecule has 2 N–H and O–H groups in total. The van der Waals surface area contributed by atoms with Gasteiger partial charge in [-0.05, 0) is 29.8 Å². The van der Waals surface area contributed by atoms with E-state index in [4.69, 9.17) is 51.1 Å². The first-order valence-electron chi connectivity index (χ1n) is 7.36. The third kappa shape index (κ3) is 6.25. The van der Waals surface area contributed by atoms with Crippen LogP contribution in [0.3, 0.4) is 0 Å². The van der Waals surface area contributed by atoms with Crippen LogP contribution in [0.5, 0.6) is 11.5 Å². The average molecular weight is 436 g/mol. The molecule has 0 aliphatic heterocycles. The van der Waals surface area contributed by atoms with Crippen LogP contribution in [0.4, 0.5) is 0 Å². The van der Waals surface area contributed by atoms with E-state index in [-0.39, 0.29) is 0 Å². The van der Waals surface area contributed by atoms with Gasteiger partial charge >= 0.3 is 0 Å². The Morgan fingerprint density at radius 2 is 1.31 bits per heavy atom. The number of carbonyl (C=O) groups excluding carboxylic acids is 2. The number of amides is 2. The number of hydrogen-bond acceptors (Lipinski definition) is 3. The number of nitrogens with one attached hydrogen (secondary N) is 2. The molecule has 0 radical (unpaired) electrons. The zero-order valence-corrected chi connectivity index (χ0v) is 16.2. The van der Waals surface area contributed by atoms with Crippen LogP contribution in [0.15, 0.2) is 54.6 Å². The van der Waals surface area contributed by atoms with Crippen LogP contribution in [0.1, 0.15) is 11.7 Å². The summed E-state index contributed by atoms with van der Waals surface area (Å²) in [5.74, 6) is -0.233. The Morgan fingerprint density at radius 1 is 0.769 bits per heavy atom. The number of benzene rings is 2. The number of ether oxygens (including phenoxy) is 1. The molecule has 0 atom stereocenters. The van der Waals surface area contributed by atoms with Gasteiger partial charge < -0.3 is 15.4 Å². The second-order valence-corrected chi connectivity index (χ2v) is 7.23. The highest BCUT2D eigenvalue weighted by molar-refractivity contribution is 6.54. The van der Waals surface area contributed by atoms with E-state index < -0.39 is 27.7 Å². The summed E-state index contributed by atoms with van der Waals surface area (Å²) in [6.07, 6.45) is -0.950. The number of rotatable bonds is 7. The van der Waals surface area contributed by atoms with Gasteiger partial charge in [0.25, 0.3) is 11.8 Å². The fourth-order valence-electron chi connectivity index (χ4n) is 2.00. The van der Waals surface area contributed by atoms with E-state index in [1.54, 1.807) is 36.4 Å². The van der Waals surface area contributed by atoms with Crippen LogP contribution in [0.25, 0.3) is 0 Å². The van der Waals surface area contributed by atoms with Crippen LogP contribution < -0.4 is 15.4 Å². The molecule has 2 aromatic rings. The van der Waals surface area contributed by atoms with Crippen LogP contribution in [0.2, 0.25) is 0 Å². The first-order valence-corrected chi connectivity index (χ1v) is 9.11. The Labute approximate surface area is 170 Å². The SMILES string of the molecule is O=C(NC(NC(=O)C(Cl)Cl)c1cccc(Oc2ccccc2)c1)C(Cl)Cl. The van der Waals surface area contributed by atoms with E-state index in [2.05, 4.69) is 10.6 Å². The average Bonchev–Trinajstić information content (AvgIpc) is 2.61. The fourth-order valence-corrected chi connectivity index (χ4v) is 2.25. The van der Waals surface area contributed by atoms with Crippen molar-refractivity contribution in [2.75, 3.05) is 0 Å². The molecule has 138 valence electrons. The highest BCUT2D eigenvalue weighted by Gasteiger charge is 2.23. The number of carbonyl (C=O) groups is 2. The minimum atomic E-state index is -1.30. The van der Waals surface area contributed by atoms with Crippen LogP contribution in [-0.4, -0.2) is 21.5 Å². The van der Waals surface area contributed by atoms with Gasteiger partial charge in [0, 0.05) is 0 Å². The summed E-state index contributed by atoms with van der Waals surface area (Å²) in [6, 6.07) is 15.9. The Kier molecular flexibility index (Phi) is 7.85. The Bertz CT molecular complexity index is 735. The van der Waals surface area contributed by atoms with Crippen molar-refractivity contribution in [3.63, 3.8) is 0 Å². The molecule has 0 aliphatic carbocycles. The molecule has 26 heavy (non-hydrogen) atoms. The highest BCUT2D eigenvalue weighted by Crippen LogP contribution is 2.24. The molecule has 5 nitrogen and oxygen atoms in total. The summed E-state index contributed by atoms with van der Waals surface area (Å²) in [6.45, 7) is 0. The number of para-hydroxylation sites is 1. The second-order valence-electron chi connectivity index (χ2n) is 5.04. The number of hydrogen-bond donors (Lipinski definition) is 2. The molecule has 2 aromatic carbocycles. The summed E-state index contributed by atoms with van der Waals surface area (Å²) in [4.78, 5) is 21.1. The summed E-state index contributed by atoms with van der Waals surface area (Å²) >= 11 is 22.2. The Balaban J connectivity index is 2.24. The van der Waals surface area contributed by atoms with Crippen LogP contribution in [-0.2, 0) is 9.59 Å². The lowest BCUT2D eigenvalue weighted by Gasteiger charge is -2.22. The predicted molar refractivity (Wildman–Crippen MR) is 103 cm³/mol. The molecule has 0 aliphatic rings. The van der Waals surface area contributed by atoms with Crippen molar-refractivity contribution in [1.82, 2.24) is 10.6 Å². The molecule has 0 aromatic heterocycles. The van der Waals surface area contributed by atoms with E-state index >= 15 is 0 Å². The van der Waals surface area contributed by atoms with Crippen molar-refractivity contribution in [2.24, 2.45) is 0 Å². The zero-order chi connectivity index (χ0) is 19.1. The molecule has 0 heterocycles. The first-order chi connectivity index (χ1) is 12.4. The van der Waals surface area contributed by atoms with Crippen molar-refractivity contribution < 1.29 is 14.3 Å². The summed E-state index contributed by atoms with van der Waals surface area (Å²) < 4.78 is 5.74. The molecule has 0 bridgehead atoms. The van der Waals surface area contributed by atoms with Crippen LogP contribution >= 0.6 is 46.4 Å². The molecule has 9 heteroatoms. The second kappa shape index (κ2) is 9.88. The van der Waals surface area contributed by atoms with E-state index in [0.717, 1.165) is 0 Å². The van der Waals surface area contributed by atoms with Gasteiger partial charge in [-0.15, -0.1) is 0 Å². The largest absolute Gasteiger partial charge is 0.457 e. The van der Waals surface area contributed by atoms with Crippen molar-refractivity contribution in [1.29, 1.82) is 0 Å². The summed E-state index contributed by atoms with van der Waals surface area (Å²) in [7, 11) is 0. The standard InChI is InChI=1S/C17H14Cl4N2O3/c18-13(19)16(24)22-15(23-17(25)14(20)21)10-5-4-8-12(9-10)26-11-6-2-1-3-7-11/h1-9,13-15H,(H,22,24)(H,23,25). The smallest absolute Gasteiger partial charge is 0.255 e. The van der Waals surface area contributed by atoms with E-state index in [0.29, 0.717) is 17.1 Å². The Morgan fingerprint density at radius 3 is 1.85 bits per heavy atom. The van der Waals surface area contributed by atoms with Gasteiger partial charge in [-0.25, -0.2) is 0 Å². The van der Waals surface area contributed by atoms with Crippen LogP contribution in [0, 0.1) is 0 Å². The van der Waals surface area contributed by atoms with Gasteiger partial charge in [0.2, 0.25) is 0 Å². The third-order valence-electron chi connectivity index (χ3n) is 3.14. The lowest BCUT2D eigenvalue weighted by atomic mass is 10.1. The predicted octanol–water partition coefficient (Wildman–Crippen LogP) is 4.32. The lowest BCUT2D eigenvalue weighted by molar-refractivity contribution is -0.122. The van der Waals surface area contributed by atoms with E-state index in [1.165, 1.54) is 0 Å². The van der Waals surface area contributed by atoms with Gasteiger partial charge in [0.15, 0.2) is 9.67 Å². The minimum Gasteiger partial charge on any atom is -0.457 e. The van der Waals surface area contributed by atoms with Crippen molar-refractivity contribution in [2.45, 2.75) is 15.8 Å². The Hall–Kier alpha value is -1.66. The third-order valence-corrected chi connectivity index (χ3v) is 3.93. The molecule has 0 saturated carbocycles. The molecule has 0 spiro atoms. The highest BCUT2D eigenvalue weighted by atomic mass is 35.5. The molecule has 0 saturated heterocycles. The maximum atomic E-state index is 11.8. The quantitative estimate of drug-likeness (QED) is 0.502. The van der Waals surface area contributed by atoms with Gasteiger partial charge in [-0.1, -0.05) is 76.7 Å². The van der Waals surface area contributed by atoms with Gasteiger partial charge in [-0.3, -0.25) is 9.59 Å². The minimum absolute atomic E-state index is 0.504. The zero-order valence-electron chi connectivity index (χ0n) is 13.2. The number of alkyl halides is 4. The normalized spacial score (nSPS) is 10.9. The monoisotopic (exact) mass is 434 g/mol. The molecule has 0 fully saturated rings. The van der Waals surface area contributed by atoms with Gasteiger partial charge in [0.1, 0.15) is 17.7 Å². The molecular formula is C17H14Cl4N2O3. The van der Waals surface area contributed by atoms with Crippen molar-refractivity contribution in [3.05, 3.63) is 60.2 Å². The van der Waals surface area contributed by atoms with Crippen molar-refractivity contribution >= 4 is 58.2 Å². The summed E-state index contributed by atoms with van der Waals surface area (Å²) in [5.41, 5.74) is 0.517. The van der Waals surface area contributed by atoms with E-state index in [9.17, 15) is 9.59 Å². The maximum absolute atomic E-state index is 11.8. The lowest BCUT2D eigenvalue weighted by Crippen LogP contribution is -2.44. The molecular weight excluding hydrogens is 422 g/mol. The van der Waals surface area contributed by atoms with Gasteiger partial charge in [-0.2, -0.15) is 0 Å².